The zero-order valence-electron chi connectivity index (χ0n) is 10.9. The molecule has 0 spiro atoms. The molecule has 0 aromatic heterocycles. The van der Waals surface area contributed by atoms with E-state index in [1.54, 1.807) is 6.07 Å². The van der Waals surface area contributed by atoms with Crippen molar-refractivity contribution < 1.29 is 9.59 Å². The maximum absolute atomic E-state index is 12.3. The van der Waals surface area contributed by atoms with Crippen LogP contribution in [-0.2, 0) is 9.59 Å². The number of benzene rings is 1. The van der Waals surface area contributed by atoms with Crippen molar-refractivity contribution in [1.29, 1.82) is 0 Å². The standard InChI is InChI=1S/C15H15ClN2O2/c16-12-7-3-4-8-13(12)17-9-18-14(19)10-5-1-2-6-11(10)15(18)20/h1-4,7-8,10-11,17H,5-6,9H2/t10-,11-/m1/s1. The van der Waals surface area contributed by atoms with E-state index < -0.39 is 0 Å². The predicted octanol–water partition coefficient (Wildman–Crippen LogP) is 2.66. The van der Waals surface area contributed by atoms with Crippen molar-refractivity contribution in [1.82, 2.24) is 4.90 Å². The molecule has 0 saturated carbocycles. The van der Waals surface area contributed by atoms with Gasteiger partial charge < -0.3 is 5.32 Å². The summed E-state index contributed by atoms with van der Waals surface area (Å²) in [5, 5.41) is 3.63. The Morgan fingerprint density at radius 2 is 1.70 bits per heavy atom. The van der Waals surface area contributed by atoms with E-state index in [0.29, 0.717) is 17.9 Å². The van der Waals surface area contributed by atoms with Gasteiger partial charge in [0.1, 0.15) is 0 Å². The number of rotatable bonds is 3. The van der Waals surface area contributed by atoms with Crippen LogP contribution in [0.4, 0.5) is 5.69 Å². The molecule has 1 aromatic carbocycles. The number of allylic oxidation sites excluding steroid dienone is 2. The number of halogens is 1. The lowest BCUT2D eigenvalue weighted by atomic mass is 9.85. The van der Waals surface area contributed by atoms with Crippen LogP contribution in [0.3, 0.4) is 0 Å². The van der Waals surface area contributed by atoms with Gasteiger partial charge in [-0.2, -0.15) is 0 Å². The number of nitrogens with zero attached hydrogens (tertiary/aromatic N) is 1. The average molecular weight is 291 g/mol. The first-order chi connectivity index (χ1) is 9.68. The maximum Gasteiger partial charge on any atom is 0.234 e. The van der Waals surface area contributed by atoms with Gasteiger partial charge in [0.25, 0.3) is 0 Å². The summed E-state index contributed by atoms with van der Waals surface area (Å²) in [6, 6.07) is 7.27. The van der Waals surface area contributed by atoms with E-state index in [1.807, 2.05) is 30.4 Å². The Balaban J connectivity index is 1.71. The van der Waals surface area contributed by atoms with E-state index >= 15 is 0 Å². The van der Waals surface area contributed by atoms with E-state index in [4.69, 9.17) is 11.6 Å². The highest BCUT2D eigenvalue weighted by Gasteiger charge is 2.46. The fourth-order valence-corrected chi connectivity index (χ4v) is 3.00. The highest BCUT2D eigenvalue weighted by molar-refractivity contribution is 6.33. The molecule has 0 radical (unpaired) electrons. The SMILES string of the molecule is O=C1[C@@H]2CC=CC[C@H]2C(=O)N1CNc1ccccc1Cl. The molecule has 2 atom stereocenters. The summed E-state index contributed by atoms with van der Waals surface area (Å²) in [6.07, 6.45) is 5.30. The van der Waals surface area contributed by atoms with Crippen LogP contribution in [-0.4, -0.2) is 23.4 Å². The molecule has 1 heterocycles. The number of likely N-dealkylation sites (tertiary alicyclic amines) is 1. The predicted molar refractivity (Wildman–Crippen MR) is 77.1 cm³/mol. The lowest BCUT2D eigenvalue weighted by Gasteiger charge is -2.17. The third-order valence-corrected chi connectivity index (χ3v) is 4.23. The second kappa shape index (κ2) is 5.29. The van der Waals surface area contributed by atoms with Gasteiger partial charge in [-0.15, -0.1) is 0 Å². The molecule has 5 heteroatoms. The van der Waals surface area contributed by atoms with E-state index in [0.717, 1.165) is 5.69 Å². The largest absolute Gasteiger partial charge is 0.366 e. The number of anilines is 1. The lowest BCUT2D eigenvalue weighted by Crippen LogP contribution is -2.35. The van der Waals surface area contributed by atoms with Gasteiger partial charge in [-0.05, 0) is 25.0 Å². The minimum Gasteiger partial charge on any atom is -0.366 e. The van der Waals surface area contributed by atoms with E-state index in [-0.39, 0.29) is 30.3 Å². The summed E-state index contributed by atoms with van der Waals surface area (Å²) < 4.78 is 0. The van der Waals surface area contributed by atoms with E-state index in [9.17, 15) is 9.59 Å². The molecular formula is C15H15ClN2O2. The van der Waals surface area contributed by atoms with Crippen molar-refractivity contribution in [3.05, 3.63) is 41.4 Å². The van der Waals surface area contributed by atoms with Crippen LogP contribution in [0, 0.1) is 11.8 Å². The number of hydrogen-bond acceptors (Lipinski definition) is 3. The lowest BCUT2D eigenvalue weighted by molar-refractivity contribution is -0.139. The van der Waals surface area contributed by atoms with Gasteiger partial charge in [-0.1, -0.05) is 35.9 Å². The van der Waals surface area contributed by atoms with Gasteiger partial charge in [0.15, 0.2) is 0 Å². The van der Waals surface area contributed by atoms with Crippen molar-refractivity contribution in [2.24, 2.45) is 11.8 Å². The van der Waals surface area contributed by atoms with Gasteiger partial charge in [-0.25, -0.2) is 0 Å². The van der Waals surface area contributed by atoms with E-state index in [2.05, 4.69) is 5.32 Å². The molecule has 0 bridgehead atoms. The summed E-state index contributed by atoms with van der Waals surface area (Å²) in [6.45, 7) is 0.175. The molecule has 2 aliphatic rings. The van der Waals surface area contributed by atoms with Crippen LogP contribution in [0.1, 0.15) is 12.8 Å². The third kappa shape index (κ3) is 2.20. The Kier molecular flexibility index (Phi) is 3.49. The molecule has 2 amide bonds. The number of fused-ring (bicyclic) bond motifs is 1. The molecular weight excluding hydrogens is 276 g/mol. The Morgan fingerprint density at radius 3 is 2.30 bits per heavy atom. The van der Waals surface area contributed by atoms with Crippen LogP contribution < -0.4 is 5.32 Å². The molecule has 0 unspecified atom stereocenters. The molecule has 1 N–H and O–H groups in total. The van der Waals surface area contributed by atoms with Crippen LogP contribution in [0.2, 0.25) is 5.02 Å². The molecule has 104 valence electrons. The van der Waals surface area contributed by atoms with Crippen LogP contribution in [0.25, 0.3) is 0 Å². The van der Waals surface area contributed by atoms with Crippen molar-refractivity contribution in [3.8, 4) is 0 Å². The monoisotopic (exact) mass is 290 g/mol. The van der Waals surface area contributed by atoms with Gasteiger partial charge in [-0.3, -0.25) is 14.5 Å². The van der Waals surface area contributed by atoms with Crippen molar-refractivity contribution in [3.63, 3.8) is 0 Å². The van der Waals surface area contributed by atoms with Crippen LogP contribution in [0.5, 0.6) is 0 Å². The van der Waals surface area contributed by atoms with Gasteiger partial charge in [0.05, 0.1) is 29.2 Å². The van der Waals surface area contributed by atoms with Crippen LogP contribution >= 0.6 is 11.6 Å². The zero-order valence-corrected chi connectivity index (χ0v) is 11.6. The summed E-state index contributed by atoms with van der Waals surface area (Å²) in [5.41, 5.74) is 0.725. The second-order valence-electron chi connectivity index (χ2n) is 5.08. The fraction of sp³-hybridized carbons (Fsp3) is 0.333. The highest BCUT2D eigenvalue weighted by Crippen LogP contribution is 2.35. The normalized spacial score (nSPS) is 24.9. The molecule has 4 nitrogen and oxygen atoms in total. The third-order valence-electron chi connectivity index (χ3n) is 3.90. The second-order valence-corrected chi connectivity index (χ2v) is 5.48. The van der Waals surface area contributed by atoms with Crippen LogP contribution in [0.15, 0.2) is 36.4 Å². The number of para-hydroxylation sites is 1. The van der Waals surface area contributed by atoms with Crippen molar-refractivity contribution in [2.75, 3.05) is 12.0 Å². The quantitative estimate of drug-likeness (QED) is 0.688. The number of imide groups is 1. The van der Waals surface area contributed by atoms with Gasteiger partial charge in [0.2, 0.25) is 11.8 Å². The number of carbonyl (C=O) groups is 2. The summed E-state index contributed by atoms with van der Waals surface area (Å²) >= 11 is 6.04. The summed E-state index contributed by atoms with van der Waals surface area (Å²) in [4.78, 5) is 25.8. The molecule has 1 aromatic rings. The highest BCUT2D eigenvalue weighted by atomic mass is 35.5. The molecule has 20 heavy (non-hydrogen) atoms. The van der Waals surface area contributed by atoms with Gasteiger partial charge >= 0.3 is 0 Å². The number of carbonyl (C=O) groups excluding carboxylic acids is 2. The molecule has 1 saturated heterocycles. The fourth-order valence-electron chi connectivity index (χ4n) is 2.79. The molecule has 1 aliphatic heterocycles. The minimum atomic E-state index is -0.180. The summed E-state index contributed by atoms with van der Waals surface area (Å²) in [5.74, 6) is -0.520. The Bertz CT molecular complexity index is 559. The molecule has 1 aliphatic carbocycles. The Hall–Kier alpha value is -1.81. The van der Waals surface area contributed by atoms with E-state index in [1.165, 1.54) is 4.90 Å². The first kappa shape index (κ1) is 13.2. The van der Waals surface area contributed by atoms with Gasteiger partial charge in [0, 0.05) is 0 Å². The first-order valence-corrected chi connectivity index (χ1v) is 7.05. The maximum atomic E-state index is 12.3. The average Bonchev–Trinajstić information content (AvgIpc) is 2.71. The minimum absolute atomic E-state index is 0.0797. The first-order valence-electron chi connectivity index (χ1n) is 6.67. The smallest absolute Gasteiger partial charge is 0.234 e. The Labute approximate surface area is 122 Å². The number of amides is 2. The topological polar surface area (TPSA) is 49.4 Å². The molecule has 3 rings (SSSR count). The van der Waals surface area contributed by atoms with Crippen molar-refractivity contribution in [2.45, 2.75) is 12.8 Å². The summed E-state index contributed by atoms with van der Waals surface area (Å²) in [7, 11) is 0. The zero-order chi connectivity index (χ0) is 14.1. The number of hydrogen-bond donors (Lipinski definition) is 1. The van der Waals surface area contributed by atoms with Crippen molar-refractivity contribution >= 4 is 29.1 Å². The number of nitrogens with one attached hydrogen (secondary N) is 1. The molecule has 1 fully saturated rings. The Morgan fingerprint density at radius 1 is 1.10 bits per heavy atom.